The standard InChI is InChI=1S/C17H20O5P2/c1-18-23(19-2)14-9-5-7-12-11-13-8-6-10-15(24(20-3)21-4)17(13)22-16(12)14/h5-10H,11H2,1-4H3. The van der Waals surface area contributed by atoms with Gasteiger partial charge in [0.05, 0.1) is 10.6 Å². The van der Waals surface area contributed by atoms with Crippen molar-refractivity contribution in [2.45, 2.75) is 6.42 Å². The van der Waals surface area contributed by atoms with Crippen molar-refractivity contribution in [2.75, 3.05) is 28.4 Å². The van der Waals surface area contributed by atoms with Crippen LogP contribution in [0.1, 0.15) is 11.1 Å². The van der Waals surface area contributed by atoms with Crippen LogP contribution in [-0.4, -0.2) is 28.4 Å². The van der Waals surface area contributed by atoms with Gasteiger partial charge in [0.25, 0.3) is 0 Å². The molecule has 0 radical (unpaired) electrons. The summed E-state index contributed by atoms with van der Waals surface area (Å²) in [6, 6.07) is 12.1. The molecule has 24 heavy (non-hydrogen) atoms. The Hall–Kier alpha value is -1.06. The zero-order chi connectivity index (χ0) is 17.1. The van der Waals surface area contributed by atoms with E-state index in [1.165, 1.54) is 0 Å². The first-order valence-electron chi connectivity index (χ1n) is 7.41. The molecule has 128 valence electrons. The second kappa shape index (κ2) is 7.88. The van der Waals surface area contributed by atoms with Crippen LogP contribution >= 0.6 is 16.8 Å². The fraction of sp³-hybridized carbons (Fsp3) is 0.294. The molecule has 1 aliphatic rings. The maximum Gasteiger partial charge on any atom is 0.208 e. The summed E-state index contributed by atoms with van der Waals surface area (Å²) in [5.74, 6) is 1.63. The van der Waals surface area contributed by atoms with Gasteiger partial charge in [0, 0.05) is 46.0 Å². The molecule has 3 rings (SSSR count). The normalized spacial score (nSPS) is 12.9. The first kappa shape index (κ1) is 17.8. The number of fused-ring (bicyclic) bond motifs is 2. The van der Waals surface area contributed by atoms with Crippen molar-refractivity contribution < 1.29 is 22.8 Å². The molecule has 0 fully saturated rings. The van der Waals surface area contributed by atoms with E-state index in [0.29, 0.717) is 0 Å². The van der Waals surface area contributed by atoms with Gasteiger partial charge >= 0.3 is 0 Å². The molecule has 5 nitrogen and oxygen atoms in total. The van der Waals surface area contributed by atoms with Gasteiger partial charge in [-0.05, 0) is 12.1 Å². The molecular weight excluding hydrogens is 346 g/mol. The van der Waals surface area contributed by atoms with E-state index in [1.54, 1.807) is 28.4 Å². The summed E-state index contributed by atoms with van der Waals surface area (Å²) in [7, 11) is 4.24. The summed E-state index contributed by atoms with van der Waals surface area (Å²) < 4.78 is 28.2. The van der Waals surface area contributed by atoms with Crippen molar-refractivity contribution in [3.05, 3.63) is 47.5 Å². The quantitative estimate of drug-likeness (QED) is 0.621. The molecule has 0 amide bonds. The van der Waals surface area contributed by atoms with Crippen molar-refractivity contribution in [3.63, 3.8) is 0 Å². The van der Waals surface area contributed by atoms with Gasteiger partial charge in [0.15, 0.2) is 0 Å². The average Bonchev–Trinajstić information content (AvgIpc) is 2.62. The van der Waals surface area contributed by atoms with E-state index in [1.807, 2.05) is 24.3 Å². The van der Waals surface area contributed by atoms with E-state index >= 15 is 0 Å². The second-order valence-corrected chi connectivity index (χ2v) is 8.51. The molecule has 7 heteroatoms. The minimum absolute atomic E-state index is 0.791. The van der Waals surface area contributed by atoms with Gasteiger partial charge in [0.2, 0.25) is 16.8 Å². The van der Waals surface area contributed by atoms with E-state index in [4.69, 9.17) is 22.8 Å². The molecule has 0 spiro atoms. The van der Waals surface area contributed by atoms with Crippen molar-refractivity contribution in [2.24, 2.45) is 0 Å². The fourth-order valence-electron chi connectivity index (χ4n) is 2.79. The average molecular weight is 366 g/mol. The van der Waals surface area contributed by atoms with Crippen LogP contribution in [0.4, 0.5) is 0 Å². The minimum Gasteiger partial charge on any atom is -0.455 e. The molecule has 2 aromatic carbocycles. The van der Waals surface area contributed by atoms with Crippen LogP contribution in [0, 0.1) is 0 Å². The maximum absolute atomic E-state index is 6.32. The number of para-hydroxylation sites is 2. The molecule has 0 atom stereocenters. The molecule has 0 N–H and O–H groups in total. The van der Waals surface area contributed by atoms with Crippen LogP contribution in [0.15, 0.2) is 36.4 Å². The van der Waals surface area contributed by atoms with Crippen LogP contribution < -0.4 is 15.3 Å². The molecule has 0 unspecified atom stereocenters. The fourth-order valence-corrected chi connectivity index (χ4v) is 5.00. The Morgan fingerprint density at radius 2 is 1.12 bits per heavy atom. The van der Waals surface area contributed by atoms with Crippen molar-refractivity contribution >= 4 is 27.4 Å². The first-order chi connectivity index (χ1) is 11.7. The first-order valence-corrected chi connectivity index (χ1v) is 9.77. The molecule has 1 heterocycles. The smallest absolute Gasteiger partial charge is 0.208 e. The number of hydrogen-bond donors (Lipinski definition) is 0. The highest BCUT2D eigenvalue weighted by Gasteiger charge is 2.28. The summed E-state index contributed by atoms with van der Waals surface area (Å²) in [6.07, 6.45) is 0.791. The third kappa shape index (κ3) is 3.21. The second-order valence-electron chi connectivity index (χ2n) is 5.05. The third-order valence-corrected chi connectivity index (χ3v) is 6.61. The number of hydrogen-bond acceptors (Lipinski definition) is 5. The van der Waals surface area contributed by atoms with Gasteiger partial charge in [-0.15, -0.1) is 0 Å². The SMILES string of the molecule is COP(OC)c1cccc2c1Oc1c(cccc1P(OC)OC)C2. The lowest BCUT2D eigenvalue weighted by molar-refractivity contribution is 0.347. The summed E-state index contributed by atoms with van der Waals surface area (Å²) in [6.45, 7) is 0. The molecular formula is C17H20O5P2. The molecule has 0 aliphatic carbocycles. The predicted octanol–water partition coefficient (Wildman–Crippen LogP) is 3.84. The van der Waals surface area contributed by atoms with E-state index in [2.05, 4.69) is 12.1 Å². The molecule has 0 saturated carbocycles. The van der Waals surface area contributed by atoms with E-state index in [0.717, 1.165) is 39.7 Å². The Kier molecular flexibility index (Phi) is 5.83. The Balaban J connectivity index is 2.07. The summed E-state index contributed by atoms with van der Waals surface area (Å²) >= 11 is 0. The minimum atomic E-state index is -1.17. The lowest BCUT2D eigenvalue weighted by atomic mass is 10.0. The Morgan fingerprint density at radius 3 is 1.50 bits per heavy atom. The molecule has 0 saturated heterocycles. The zero-order valence-electron chi connectivity index (χ0n) is 14.1. The maximum atomic E-state index is 6.32. The lowest BCUT2D eigenvalue weighted by Gasteiger charge is -2.27. The largest absolute Gasteiger partial charge is 0.455 e. The zero-order valence-corrected chi connectivity index (χ0v) is 15.9. The van der Waals surface area contributed by atoms with Crippen molar-refractivity contribution in [1.29, 1.82) is 0 Å². The van der Waals surface area contributed by atoms with Gasteiger partial charge in [-0.25, -0.2) is 0 Å². The highest BCUT2D eigenvalue weighted by molar-refractivity contribution is 7.56. The number of rotatable bonds is 6. The molecule has 2 aromatic rings. The third-order valence-electron chi connectivity index (χ3n) is 3.79. The number of benzene rings is 2. The Labute approximate surface area is 144 Å². The van der Waals surface area contributed by atoms with E-state index in [9.17, 15) is 0 Å². The summed E-state index contributed by atoms with van der Waals surface area (Å²) in [5, 5.41) is 1.87. The Morgan fingerprint density at radius 1 is 0.708 bits per heavy atom. The van der Waals surface area contributed by atoms with Crippen LogP contribution in [-0.2, 0) is 24.5 Å². The predicted molar refractivity (Wildman–Crippen MR) is 96.9 cm³/mol. The molecule has 0 bridgehead atoms. The van der Waals surface area contributed by atoms with Crippen LogP contribution in [0.3, 0.4) is 0 Å². The summed E-state index contributed by atoms with van der Waals surface area (Å²) in [4.78, 5) is 0. The van der Waals surface area contributed by atoms with E-state index in [-0.39, 0.29) is 0 Å². The van der Waals surface area contributed by atoms with Gasteiger partial charge in [-0.1, -0.05) is 24.3 Å². The van der Waals surface area contributed by atoms with Gasteiger partial charge in [-0.3, -0.25) is 0 Å². The van der Waals surface area contributed by atoms with E-state index < -0.39 is 16.8 Å². The van der Waals surface area contributed by atoms with Gasteiger partial charge < -0.3 is 22.8 Å². The van der Waals surface area contributed by atoms with Gasteiger partial charge in [0.1, 0.15) is 11.5 Å². The molecule has 0 aromatic heterocycles. The van der Waals surface area contributed by atoms with Crippen molar-refractivity contribution in [1.82, 2.24) is 0 Å². The highest BCUT2D eigenvalue weighted by atomic mass is 31.2. The van der Waals surface area contributed by atoms with Crippen molar-refractivity contribution in [3.8, 4) is 11.5 Å². The molecule has 1 aliphatic heterocycles. The monoisotopic (exact) mass is 366 g/mol. The summed E-state index contributed by atoms with van der Waals surface area (Å²) in [5.41, 5.74) is 2.25. The topological polar surface area (TPSA) is 46.2 Å². The lowest BCUT2D eigenvalue weighted by Crippen LogP contribution is -2.18. The number of ether oxygens (including phenoxy) is 1. The highest BCUT2D eigenvalue weighted by Crippen LogP contribution is 2.47. The van der Waals surface area contributed by atoms with Crippen LogP contribution in [0.25, 0.3) is 0 Å². The van der Waals surface area contributed by atoms with Gasteiger partial charge in [-0.2, -0.15) is 0 Å². The van der Waals surface area contributed by atoms with Crippen LogP contribution in [0.2, 0.25) is 0 Å². The Bertz CT molecular complexity index is 655. The van der Waals surface area contributed by atoms with Crippen LogP contribution in [0.5, 0.6) is 11.5 Å².